The number of terminal acetylenes is 1. The Morgan fingerprint density at radius 1 is 1.08 bits per heavy atom. The topological polar surface area (TPSA) is 101 Å². The van der Waals surface area contributed by atoms with Gasteiger partial charge in [-0.1, -0.05) is 5.92 Å². The van der Waals surface area contributed by atoms with Crippen molar-refractivity contribution in [2.75, 3.05) is 5.32 Å². The summed E-state index contributed by atoms with van der Waals surface area (Å²) in [5.74, 6) is 0.764. The average Bonchev–Trinajstić information content (AvgIpc) is 2.87. The average molecular weight is 328 g/mol. The predicted octanol–water partition coefficient (Wildman–Crippen LogP) is 1.64. The SMILES string of the molecule is C#Cc1ccc(NC(=O)CCCC(=O)On2c(O)ccc2O)cc1. The molecule has 2 rings (SSSR count). The van der Waals surface area contributed by atoms with E-state index in [-0.39, 0.29) is 25.2 Å². The first-order valence-electron chi connectivity index (χ1n) is 7.17. The standard InChI is InChI=1S/C17H16N2O5/c1-2-12-6-8-13(9-7-12)18-14(20)4-3-5-17(23)24-19-15(21)10-11-16(19)22/h1,6-11,21-22H,3-5H2,(H,18,20). The highest BCUT2D eigenvalue weighted by molar-refractivity contribution is 5.90. The number of nitrogens with zero attached hydrogens (tertiary/aromatic N) is 1. The third-order valence-corrected chi connectivity index (χ3v) is 3.11. The van der Waals surface area contributed by atoms with Crippen molar-refractivity contribution in [2.24, 2.45) is 0 Å². The van der Waals surface area contributed by atoms with E-state index in [4.69, 9.17) is 11.3 Å². The molecule has 1 heterocycles. The van der Waals surface area contributed by atoms with Crippen LogP contribution in [0, 0.1) is 12.3 Å². The van der Waals surface area contributed by atoms with E-state index in [0.717, 1.165) is 0 Å². The number of hydrogen-bond donors (Lipinski definition) is 3. The smallest absolute Gasteiger partial charge is 0.333 e. The summed E-state index contributed by atoms with van der Waals surface area (Å²) >= 11 is 0. The molecule has 7 heteroatoms. The molecule has 24 heavy (non-hydrogen) atoms. The van der Waals surface area contributed by atoms with Crippen LogP contribution < -0.4 is 10.2 Å². The fraction of sp³-hybridized carbons (Fsp3) is 0.176. The van der Waals surface area contributed by atoms with Crippen molar-refractivity contribution >= 4 is 17.6 Å². The van der Waals surface area contributed by atoms with E-state index in [2.05, 4.69) is 11.2 Å². The summed E-state index contributed by atoms with van der Waals surface area (Å²) in [5.41, 5.74) is 1.33. The van der Waals surface area contributed by atoms with Crippen molar-refractivity contribution in [3.05, 3.63) is 42.0 Å². The fourth-order valence-electron chi connectivity index (χ4n) is 1.91. The molecule has 0 radical (unpaired) electrons. The van der Waals surface area contributed by atoms with Gasteiger partial charge in [0.05, 0.1) is 0 Å². The lowest BCUT2D eigenvalue weighted by molar-refractivity contribution is -0.145. The highest BCUT2D eigenvalue weighted by Crippen LogP contribution is 2.19. The third-order valence-electron chi connectivity index (χ3n) is 3.11. The van der Waals surface area contributed by atoms with Crippen molar-refractivity contribution in [2.45, 2.75) is 19.3 Å². The first-order valence-corrected chi connectivity index (χ1v) is 7.17. The maximum atomic E-state index is 11.8. The number of aromatic hydroxyl groups is 2. The van der Waals surface area contributed by atoms with E-state index >= 15 is 0 Å². The highest BCUT2D eigenvalue weighted by Gasteiger charge is 2.12. The second-order valence-corrected chi connectivity index (χ2v) is 4.93. The van der Waals surface area contributed by atoms with Gasteiger partial charge in [0.2, 0.25) is 17.7 Å². The zero-order valence-electron chi connectivity index (χ0n) is 12.7. The van der Waals surface area contributed by atoms with Crippen LogP contribution in [-0.2, 0) is 9.59 Å². The molecule has 0 bridgehead atoms. The van der Waals surface area contributed by atoms with E-state index in [1.165, 1.54) is 12.1 Å². The third kappa shape index (κ3) is 4.55. The van der Waals surface area contributed by atoms with E-state index in [1.807, 2.05) is 0 Å². The highest BCUT2D eigenvalue weighted by atomic mass is 16.7. The fourth-order valence-corrected chi connectivity index (χ4v) is 1.91. The van der Waals surface area contributed by atoms with Crippen molar-refractivity contribution in [1.29, 1.82) is 0 Å². The summed E-state index contributed by atoms with van der Waals surface area (Å²) in [6.07, 6.45) is 5.59. The Bertz CT molecular complexity index is 752. The minimum atomic E-state index is -0.678. The second-order valence-electron chi connectivity index (χ2n) is 4.93. The number of nitrogens with one attached hydrogen (secondary N) is 1. The van der Waals surface area contributed by atoms with E-state index < -0.39 is 17.7 Å². The maximum absolute atomic E-state index is 11.8. The van der Waals surface area contributed by atoms with Gasteiger partial charge < -0.3 is 20.4 Å². The molecule has 0 fully saturated rings. The summed E-state index contributed by atoms with van der Waals surface area (Å²) in [7, 11) is 0. The van der Waals surface area contributed by atoms with Crippen LogP contribution in [0.5, 0.6) is 11.8 Å². The van der Waals surface area contributed by atoms with Crippen LogP contribution in [0.3, 0.4) is 0 Å². The number of rotatable bonds is 6. The molecular formula is C17H16N2O5. The Balaban J connectivity index is 1.74. The zero-order chi connectivity index (χ0) is 17.5. The first kappa shape index (κ1) is 17.0. The molecule has 1 amide bonds. The molecular weight excluding hydrogens is 312 g/mol. The Morgan fingerprint density at radius 3 is 2.29 bits per heavy atom. The summed E-state index contributed by atoms with van der Waals surface area (Å²) in [5, 5.41) is 21.4. The van der Waals surface area contributed by atoms with Crippen molar-refractivity contribution < 1.29 is 24.6 Å². The van der Waals surface area contributed by atoms with Crippen LogP contribution in [0.2, 0.25) is 0 Å². The molecule has 1 aromatic heterocycles. The van der Waals surface area contributed by atoms with Gasteiger partial charge in [0.1, 0.15) is 0 Å². The van der Waals surface area contributed by atoms with Crippen LogP contribution in [-0.4, -0.2) is 26.8 Å². The molecule has 7 nitrogen and oxygen atoms in total. The number of carbonyl (C=O) groups is 2. The summed E-state index contributed by atoms with van der Waals surface area (Å²) < 4.78 is 0.607. The van der Waals surface area contributed by atoms with Gasteiger partial charge in [0.15, 0.2) is 0 Å². The predicted molar refractivity (Wildman–Crippen MR) is 86.2 cm³/mol. The lowest BCUT2D eigenvalue weighted by Gasteiger charge is -2.07. The zero-order valence-corrected chi connectivity index (χ0v) is 12.7. The molecule has 0 aliphatic heterocycles. The molecule has 3 N–H and O–H groups in total. The molecule has 2 aromatic rings. The van der Waals surface area contributed by atoms with Crippen LogP contribution >= 0.6 is 0 Å². The van der Waals surface area contributed by atoms with Gasteiger partial charge in [0, 0.05) is 36.2 Å². The molecule has 0 unspecified atom stereocenters. The summed E-state index contributed by atoms with van der Waals surface area (Å²) in [6.45, 7) is 0. The van der Waals surface area contributed by atoms with Gasteiger partial charge in [-0.05, 0) is 30.7 Å². The molecule has 0 spiro atoms. The number of amides is 1. The van der Waals surface area contributed by atoms with E-state index in [0.29, 0.717) is 16.0 Å². The Kier molecular flexibility index (Phi) is 5.47. The van der Waals surface area contributed by atoms with Crippen molar-refractivity contribution in [1.82, 2.24) is 4.73 Å². The quantitative estimate of drug-likeness (QED) is 0.700. The normalized spacial score (nSPS) is 9.96. The van der Waals surface area contributed by atoms with Gasteiger partial charge in [-0.3, -0.25) is 4.79 Å². The van der Waals surface area contributed by atoms with Crippen LogP contribution in [0.15, 0.2) is 36.4 Å². The lowest BCUT2D eigenvalue weighted by Crippen LogP contribution is -2.19. The largest absolute Gasteiger partial charge is 0.492 e. The monoisotopic (exact) mass is 328 g/mol. The minimum Gasteiger partial charge on any atom is -0.492 e. The number of benzene rings is 1. The van der Waals surface area contributed by atoms with Gasteiger partial charge in [-0.2, -0.15) is 0 Å². The Morgan fingerprint density at radius 2 is 1.71 bits per heavy atom. The van der Waals surface area contributed by atoms with Crippen molar-refractivity contribution in [3.63, 3.8) is 0 Å². The van der Waals surface area contributed by atoms with Crippen LogP contribution in [0.1, 0.15) is 24.8 Å². The van der Waals surface area contributed by atoms with Crippen molar-refractivity contribution in [3.8, 4) is 24.1 Å². The first-order chi connectivity index (χ1) is 11.5. The molecule has 0 aliphatic rings. The van der Waals surface area contributed by atoms with Gasteiger partial charge in [0.25, 0.3) is 0 Å². The molecule has 0 aliphatic carbocycles. The lowest BCUT2D eigenvalue weighted by atomic mass is 10.2. The van der Waals surface area contributed by atoms with E-state index in [9.17, 15) is 19.8 Å². The molecule has 1 aromatic carbocycles. The van der Waals surface area contributed by atoms with Gasteiger partial charge in [-0.15, -0.1) is 11.2 Å². The number of hydrogen-bond acceptors (Lipinski definition) is 5. The van der Waals surface area contributed by atoms with Crippen LogP contribution in [0.4, 0.5) is 5.69 Å². The van der Waals surface area contributed by atoms with E-state index in [1.54, 1.807) is 24.3 Å². The molecule has 0 atom stereocenters. The van der Waals surface area contributed by atoms with Crippen LogP contribution in [0.25, 0.3) is 0 Å². The number of aromatic nitrogens is 1. The Hall–Kier alpha value is -3.40. The summed E-state index contributed by atoms with van der Waals surface area (Å²) in [4.78, 5) is 28.2. The molecule has 124 valence electrons. The Labute approximate surface area is 138 Å². The molecule has 0 saturated heterocycles. The van der Waals surface area contributed by atoms with Gasteiger partial charge >= 0.3 is 5.97 Å². The minimum absolute atomic E-state index is 0.0412. The summed E-state index contributed by atoms with van der Waals surface area (Å²) in [6, 6.07) is 9.17. The second kappa shape index (κ2) is 7.74. The van der Waals surface area contributed by atoms with Gasteiger partial charge in [-0.25, -0.2) is 4.79 Å². The molecule has 0 saturated carbocycles. The maximum Gasteiger partial charge on any atom is 0.333 e. The number of anilines is 1. The number of carbonyl (C=O) groups excluding carboxylic acids is 2.